The van der Waals surface area contributed by atoms with Gasteiger partial charge in [-0.2, -0.15) is 4.72 Å². The Morgan fingerprint density at radius 3 is 2.40 bits per heavy atom. The van der Waals surface area contributed by atoms with Crippen molar-refractivity contribution in [3.8, 4) is 0 Å². The Morgan fingerprint density at radius 2 is 1.86 bits per heavy atom. The van der Waals surface area contributed by atoms with Crippen LogP contribution in [0.15, 0.2) is 36.4 Å². The number of carbonyl (C=O) groups is 3. The summed E-state index contributed by atoms with van der Waals surface area (Å²) in [6.45, 7) is 4.88. The maximum Gasteiger partial charge on any atom is 0.271 e. The zero-order chi connectivity index (χ0) is 31.8. The molecule has 1 unspecified atom stereocenters. The molecule has 1 aromatic carbocycles. The largest absolute Gasteiger partial charge is 0.392 e. The summed E-state index contributed by atoms with van der Waals surface area (Å²) in [5.74, 6) is 0.0732. The van der Waals surface area contributed by atoms with Gasteiger partial charge in [0.15, 0.2) is 0 Å². The highest BCUT2D eigenvalue weighted by atomic mass is 35.5. The molecule has 3 heterocycles. The molecule has 43 heavy (non-hydrogen) atoms. The summed E-state index contributed by atoms with van der Waals surface area (Å²) in [4.78, 5) is 37.6. The van der Waals surface area contributed by atoms with Gasteiger partial charge >= 0.3 is 0 Å². The minimum atomic E-state index is -4.14. The number of likely N-dealkylation sites (tertiary alicyclic amines) is 1. The lowest BCUT2D eigenvalue weighted by Crippen LogP contribution is -2.48. The fourth-order valence-corrected chi connectivity index (χ4v) is 5.75. The number of aliphatic hydroxyl groups excluding tert-OH is 1. The van der Waals surface area contributed by atoms with Crippen LogP contribution in [0.2, 0.25) is 5.02 Å². The average molecular weight is 657 g/mol. The van der Waals surface area contributed by atoms with Gasteiger partial charge < -0.3 is 26.4 Å². The third kappa shape index (κ3) is 13.1. The van der Waals surface area contributed by atoms with Gasteiger partial charge in [-0.1, -0.05) is 37.1 Å². The number of nitrogens with zero attached hydrogens (tertiary/aromatic N) is 1. The normalized spacial score (nSPS) is 16.7. The molecule has 238 valence electrons. The van der Waals surface area contributed by atoms with Crippen LogP contribution in [-0.4, -0.2) is 73.9 Å². The maximum atomic E-state index is 12.4. The molecule has 2 aliphatic heterocycles. The molecule has 15 heteroatoms. The van der Waals surface area contributed by atoms with E-state index in [1.165, 1.54) is 48.6 Å². The molecule has 2 aliphatic rings. The highest BCUT2D eigenvalue weighted by Gasteiger charge is 2.34. The van der Waals surface area contributed by atoms with Gasteiger partial charge in [-0.05, 0) is 74.5 Å². The summed E-state index contributed by atoms with van der Waals surface area (Å²) in [5, 5.41) is 22.7. The van der Waals surface area contributed by atoms with Crippen molar-refractivity contribution in [1.29, 1.82) is 5.41 Å². The lowest BCUT2D eigenvalue weighted by Gasteiger charge is -2.23. The molecule has 0 bridgehead atoms. The van der Waals surface area contributed by atoms with E-state index in [2.05, 4.69) is 17.6 Å². The summed E-state index contributed by atoms with van der Waals surface area (Å²) < 4.78 is 24.0. The Labute approximate surface area is 261 Å². The second kappa shape index (κ2) is 18.7. The number of piperidine rings is 1. The predicted molar refractivity (Wildman–Crippen MR) is 169 cm³/mol. The summed E-state index contributed by atoms with van der Waals surface area (Å²) in [6, 6.07) is 9.87. The lowest BCUT2D eigenvalue weighted by molar-refractivity contribution is -0.137. The third-order valence-electron chi connectivity index (χ3n) is 6.92. The van der Waals surface area contributed by atoms with Gasteiger partial charge in [0.25, 0.3) is 10.0 Å². The summed E-state index contributed by atoms with van der Waals surface area (Å²) >= 11 is 6.88. The fraction of sp³-hybridized carbons (Fsp3) is 0.500. The van der Waals surface area contributed by atoms with Crippen molar-refractivity contribution in [2.24, 2.45) is 11.7 Å². The first-order valence-electron chi connectivity index (χ1n) is 14.0. The number of benzene rings is 1. The zero-order valence-electron chi connectivity index (χ0n) is 24.2. The van der Waals surface area contributed by atoms with Gasteiger partial charge in [0.2, 0.25) is 17.4 Å². The van der Waals surface area contributed by atoms with Crippen molar-refractivity contribution in [2.75, 3.05) is 26.2 Å². The molecule has 4 rings (SSSR count). The van der Waals surface area contributed by atoms with E-state index in [0.29, 0.717) is 29.3 Å². The molecule has 2 amide bonds. The zero-order valence-corrected chi connectivity index (χ0v) is 26.6. The number of rotatable bonds is 10. The second-order valence-corrected chi connectivity index (χ2v) is 13.2. The van der Waals surface area contributed by atoms with E-state index in [1.54, 1.807) is 36.4 Å². The van der Waals surface area contributed by atoms with Gasteiger partial charge in [-0.3, -0.25) is 19.8 Å². The number of nitrogen functional groups attached to an aromatic ring is 1. The van der Waals surface area contributed by atoms with Crippen LogP contribution in [0.25, 0.3) is 0 Å². The van der Waals surface area contributed by atoms with Gasteiger partial charge in [-0.15, -0.1) is 11.3 Å². The van der Waals surface area contributed by atoms with E-state index in [4.69, 9.17) is 27.9 Å². The number of nitrogens with one attached hydrogen (secondary N) is 4. The fourth-order valence-electron chi connectivity index (χ4n) is 4.43. The molecule has 7 N–H and O–H groups in total. The van der Waals surface area contributed by atoms with Crippen LogP contribution in [0.5, 0.6) is 0 Å². The van der Waals surface area contributed by atoms with Crippen molar-refractivity contribution >= 4 is 56.2 Å². The van der Waals surface area contributed by atoms with E-state index >= 15 is 0 Å². The molecule has 0 aliphatic carbocycles. The highest BCUT2D eigenvalue weighted by molar-refractivity contribution is 8.02. The average Bonchev–Trinajstić information content (AvgIpc) is 3.71. The first kappa shape index (κ1) is 36.3. The van der Waals surface area contributed by atoms with Crippen molar-refractivity contribution in [3.63, 3.8) is 0 Å². The number of hydrogen-bond acceptors (Lipinski definition) is 9. The third-order valence-corrected chi connectivity index (χ3v) is 9.09. The monoisotopic (exact) mass is 656 g/mol. The van der Waals surface area contributed by atoms with Crippen LogP contribution in [0.4, 0.5) is 0 Å². The van der Waals surface area contributed by atoms with Crippen LogP contribution in [-0.2, 0) is 37.6 Å². The minimum Gasteiger partial charge on any atom is -0.392 e. The number of hydrogen-bond donors (Lipinski definition) is 6. The van der Waals surface area contributed by atoms with Gasteiger partial charge in [0.05, 0.1) is 24.6 Å². The molecule has 1 aromatic heterocycles. The number of nitrogens with two attached hydrogens (primary N) is 1. The Morgan fingerprint density at radius 1 is 1.19 bits per heavy atom. The quantitative estimate of drug-likeness (QED) is 0.127. The minimum absolute atomic E-state index is 0.0436. The van der Waals surface area contributed by atoms with Gasteiger partial charge in [0, 0.05) is 16.4 Å². The molecular weight excluding hydrogens is 616 g/mol. The molecule has 1 atom stereocenters. The lowest BCUT2D eigenvalue weighted by atomic mass is 9.96. The van der Waals surface area contributed by atoms with Crippen LogP contribution < -0.4 is 21.1 Å². The van der Waals surface area contributed by atoms with E-state index in [9.17, 15) is 22.8 Å². The van der Waals surface area contributed by atoms with Gasteiger partial charge in [0.1, 0.15) is 11.9 Å². The molecule has 2 fully saturated rings. The van der Waals surface area contributed by atoms with E-state index in [0.717, 1.165) is 16.4 Å². The Hall–Kier alpha value is -2.88. The number of thiophene rings is 1. The molecular formula is C28H41ClN6O6S2. The standard InChI is InChI=1S/C14H19N5O5S2.C7H7ClO.C7H15N/c15-13(16)11-4-3-9(25-11)6-17-14(22)10-2-1-5-19(10)12(21)7-18-26(23,24)8-20;8-7-3-1-6(5-9)2-4-7;1-2-7-3-5-8-6-4-7/h3-4,8,10,18H,1-2,5-7H2,(H3,15,16)(H,17,22);1-4,9H,5H2;7-8H,2-6H2,1H3. The van der Waals surface area contributed by atoms with Crippen LogP contribution >= 0.6 is 22.9 Å². The molecule has 12 nitrogen and oxygen atoms in total. The Bertz CT molecular complexity index is 1300. The van der Waals surface area contributed by atoms with Gasteiger partial charge in [-0.25, -0.2) is 8.42 Å². The molecule has 0 radical (unpaired) electrons. The first-order valence-corrected chi connectivity index (χ1v) is 16.7. The maximum absolute atomic E-state index is 12.4. The first-order chi connectivity index (χ1) is 20.5. The van der Waals surface area contributed by atoms with Crippen LogP contribution in [0.1, 0.15) is 54.3 Å². The van der Waals surface area contributed by atoms with E-state index in [1.807, 2.05) is 4.72 Å². The second-order valence-electron chi connectivity index (χ2n) is 9.99. The summed E-state index contributed by atoms with van der Waals surface area (Å²) in [6.07, 6.45) is 5.27. The molecule has 0 spiro atoms. The van der Waals surface area contributed by atoms with Crippen molar-refractivity contribution in [3.05, 3.63) is 56.7 Å². The molecule has 2 aromatic rings. The van der Waals surface area contributed by atoms with Crippen LogP contribution in [0.3, 0.4) is 0 Å². The molecule has 2 saturated heterocycles. The SMILES string of the molecule is CCC1CCNCC1.N=C(N)c1ccc(CNC(=O)C2CCCN2C(=O)CNS(=O)(=O)C=O)s1.OCc1ccc(Cl)cc1. The van der Waals surface area contributed by atoms with Crippen LogP contribution in [0, 0.1) is 11.3 Å². The molecule has 0 saturated carbocycles. The number of amides is 2. The number of aliphatic hydroxyl groups is 1. The smallest absolute Gasteiger partial charge is 0.271 e. The summed E-state index contributed by atoms with van der Waals surface area (Å²) in [7, 11) is -4.14. The van der Waals surface area contributed by atoms with Crippen molar-refractivity contribution < 1.29 is 27.9 Å². The van der Waals surface area contributed by atoms with Crippen molar-refractivity contribution in [2.45, 2.75) is 58.2 Å². The van der Waals surface area contributed by atoms with Crippen molar-refractivity contribution in [1.82, 2.24) is 20.3 Å². The number of carbonyl (C=O) groups excluding carboxylic acids is 3. The van der Waals surface area contributed by atoms with E-state index < -0.39 is 28.5 Å². The topological polar surface area (TPSA) is 195 Å². The summed E-state index contributed by atoms with van der Waals surface area (Å²) in [5.41, 5.74) is 6.01. The van der Waals surface area contributed by atoms with E-state index in [-0.39, 0.29) is 30.5 Å². The number of amidine groups is 1. The predicted octanol–water partition coefficient (Wildman–Crippen LogP) is 1.98. The highest BCUT2D eigenvalue weighted by Crippen LogP contribution is 2.19. The Kier molecular flexibility index (Phi) is 15.8. The Balaban J connectivity index is 0.000000305. The number of halogens is 1. The number of sulfonamides is 1.